The zero-order chi connectivity index (χ0) is 12.3. The second-order valence-electron chi connectivity index (χ2n) is 3.50. The lowest BCUT2D eigenvalue weighted by Crippen LogP contribution is -2.18. The van der Waals surface area contributed by atoms with Crippen LogP contribution in [-0.2, 0) is 5.92 Å². The van der Waals surface area contributed by atoms with E-state index in [0.29, 0.717) is 5.56 Å². The Labute approximate surface area is 91.7 Å². The molecule has 1 aromatic carbocycles. The Hall–Kier alpha value is -1.23. The van der Waals surface area contributed by atoms with Gasteiger partial charge in [0, 0.05) is 13.0 Å². The average Bonchev–Trinajstić information content (AvgIpc) is 2.15. The number of halogens is 3. The largest absolute Gasteiger partial charge is 0.496 e. The smallest absolute Gasteiger partial charge is 0.281 e. The molecule has 0 bridgehead atoms. The first kappa shape index (κ1) is 12.8. The number of benzene rings is 1. The molecular formula is C11H13F3O2. The van der Waals surface area contributed by atoms with Crippen molar-refractivity contribution in [2.24, 2.45) is 0 Å². The third-order valence-electron chi connectivity index (χ3n) is 2.21. The van der Waals surface area contributed by atoms with Gasteiger partial charge in [0.05, 0.1) is 12.7 Å². The van der Waals surface area contributed by atoms with Crippen molar-refractivity contribution < 1.29 is 23.0 Å². The molecule has 0 fully saturated rings. The fraction of sp³-hybridized carbons (Fsp3) is 0.455. The van der Waals surface area contributed by atoms with E-state index in [1.807, 2.05) is 0 Å². The molecule has 16 heavy (non-hydrogen) atoms. The van der Waals surface area contributed by atoms with Crippen molar-refractivity contribution in [3.63, 3.8) is 0 Å². The van der Waals surface area contributed by atoms with Crippen LogP contribution in [0.5, 0.6) is 5.75 Å². The van der Waals surface area contributed by atoms with Crippen LogP contribution in [0.4, 0.5) is 13.2 Å². The van der Waals surface area contributed by atoms with Gasteiger partial charge in [-0.1, -0.05) is 0 Å². The SMILES string of the molecule is COc1cc(C)cc(F)c1C(F)(F)CCO. The average molecular weight is 234 g/mol. The number of rotatable bonds is 4. The van der Waals surface area contributed by atoms with Crippen LogP contribution in [0.1, 0.15) is 17.5 Å². The van der Waals surface area contributed by atoms with Crippen molar-refractivity contribution in [2.45, 2.75) is 19.3 Å². The lowest BCUT2D eigenvalue weighted by molar-refractivity contribution is -0.0318. The molecule has 0 amide bonds. The third kappa shape index (κ3) is 2.47. The molecule has 0 aromatic heterocycles. The predicted octanol–water partition coefficient (Wildman–Crippen LogP) is 2.62. The molecule has 0 aliphatic rings. The molecule has 1 aromatic rings. The van der Waals surface area contributed by atoms with Crippen LogP contribution < -0.4 is 4.74 Å². The summed E-state index contributed by atoms with van der Waals surface area (Å²) >= 11 is 0. The maximum Gasteiger partial charge on any atom is 0.281 e. The highest BCUT2D eigenvalue weighted by Crippen LogP contribution is 2.39. The minimum atomic E-state index is -3.43. The molecule has 0 spiro atoms. The third-order valence-corrected chi connectivity index (χ3v) is 2.21. The molecular weight excluding hydrogens is 221 g/mol. The Morgan fingerprint density at radius 1 is 1.38 bits per heavy atom. The van der Waals surface area contributed by atoms with E-state index in [1.165, 1.54) is 13.2 Å². The number of hydrogen-bond donors (Lipinski definition) is 1. The molecule has 90 valence electrons. The summed E-state index contributed by atoms with van der Waals surface area (Å²) in [4.78, 5) is 0. The van der Waals surface area contributed by atoms with Gasteiger partial charge in [0.15, 0.2) is 0 Å². The van der Waals surface area contributed by atoms with Crippen molar-refractivity contribution >= 4 is 0 Å². The summed E-state index contributed by atoms with van der Waals surface area (Å²) in [5.41, 5.74) is -0.299. The molecule has 0 atom stereocenters. The number of hydrogen-bond acceptors (Lipinski definition) is 2. The van der Waals surface area contributed by atoms with Crippen molar-refractivity contribution in [3.05, 3.63) is 29.1 Å². The predicted molar refractivity (Wildman–Crippen MR) is 53.3 cm³/mol. The molecule has 2 nitrogen and oxygen atoms in total. The molecule has 0 heterocycles. The monoisotopic (exact) mass is 234 g/mol. The fourth-order valence-electron chi connectivity index (χ4n) is 1.49. The minimum absolute atomic E-state index is 0.198. The van der Waals surface area contributed by atoms with E-state index in [9.17, 15) is 13.2 Å². The van der Waals surface area contributed by atoms with E-state index < -0.39 is 30.3 Å². The number of ether oxygens (including phenoxy) is 1. The molecule has 0 aliphatic carbocycles. The lowest BCUT2D eigenvalue weighted by atomic mass is 10.0. The first-order valence-electron chi connectivity index (χ1n) is 4.75. The highest BCUT2D eigenvalue weighted by molar-refractivity contribution is 5.41. The van der Waals surface area contributed by atoms with Crippen molar-refractivity contribution in [1.82, 2.24) is 0 Å². The normalized spacial score (nSPS) is 11.6. The Morgan fingerprint density at radius 3 is 2.50 bits per heavy atom. The van der Waals surface area contributed by atoms with Gasteiger partial charge in [-0.15, -0.1) is 0 Å². The molecule has 1 rings (SSSR count). The maximum absolute atomic E-state index is 13.5. The van der Waals surface area contributed by atoms with Gasteiger partial charge in [-0.05, 0) is 24.6 Å². The van der Waals surface area contributed by atoms with Crippen LogP contribution in [0.3, 0.4) is 0 Å². The van der Waals surface area contributed by atoms with Crippen LogP contribution in [0, 0.1) is 12.7 Å². The van der Waals surface area contributed by atoms with Crippen molar-refractivity contribution in [2.75, 3.05) is 13.7 Å². The molecule has 1 N–H and O–H groups in total. The molecule has 0 aliphatic heterocycles. The number of aryl methyl sites for hydroxylation is 1. The summed E-state index contributed by atoms with van der Waals surface area (Å²) in [6.45, 7) is 0.864. The van der Waals surface area contributed by atoms with E-state index >= 15 is 0 Å². The van der Waals surface area contributed by atoms with Gasteiger partial charge >= 0.3 is 0 Å². The minimum Gasteiger partial charge on any atom is -0.496 e. The van der Waals surface area contributed by atoms with E-state index in [0.717, 1.165) is 6.07 Å². The van der Waals surface area contributed by atoms with Gasteiger partial charge in [0.1, 0.15) is 11.6 Å². The van der Waals surface area contributed by atoms with Gasteiger partial charge in [-0.2, -0.15) is 0 Å². The summed E-state index contributed by atoms with van der Waals surface area (Å²) in [7, 11) is 1.20. The van der Waals surface area contributed by atoms with Crippen LogP contribution in [-0.4, -0.2) is 18.8 Å². The Morgan fingerprint density at radius 2 is 2.00 bits per heavy atom. The van der Waals surface area contributed by atoms with Crippen LogP contribution in [0.15, 0.2) is 12.1 Å². The summed E-state index contributed by atoms with van der Waals surface area (Å²) in [6.07, 6.45) is -0.830. The standard InChI is InChI=1S/C11H13F3O2/c1-7-5-8(12)10(9(6-7)16-2)11(13,14)3-4-15/h5-6,15H,3-4H2,1-2H3. The zero-order valence-corrected chi connectivity index (χ0v) is 9.06. The topological polar surface area (TPSA) is 29.5 Å². The summed E-state index contributed by atoms with van der Waals surface area (Å²) in [6, 6.07) is 2.35. The van der Waals surface area contributed by atoms with Crippen molar-refractivity contribution in [3.8, 4) is 5.75 Å². The highest BCUT2D eigenvalue weighted by atomic mass is 19.3. The number of aliphatic hydroxyl groups excluding tert-OH is 1. The quantitative estimate of drug-likeness (QED) is 0.867. The molecule has 0 saturated heterocycles. The molecule has 0 saturated carbocycles. The lowest BCUT2D eigenvalue weighted by Gasteiger charge is -2.19. The number of alkyl halides is 2. The first-order valence-corrected chi connectivity index (χ1v) is 4.75. The Bertz CT molecular complexity index is 378. The fourth-order valence-corrected chi connectivity index (χ4v) is 1.49. The van der Waals surface area contributed by atoms with Gasteiger partial charge in [0.25, 0.3) is 5.92 Å². The van der Waals surface area contributed by atoms with E-state index in [-0.39, 0.29) is 5.75 Å². The second-order valence-corrected chi connectivity index (χ2v) is 3.50. The maximum atomic E-state index is 13.5. The zero-order valence-electron chi connectivity index (χ0n) is 9.06. The summed E-state index contributed by atoms with van der Waals surface area (Å²) in [5, 5.41) is 8.53. The Kier molecular flexibility index (Phi) is 3.80. The first-order chi connectivity index (χ1) is 7.42. The molecule has 5 heteroatoms. The van der Waals surface area contributed by atoms with Gasteiger partial charge in [0.2, 0.25) is 0 Å². The number of aliphatic hydroxyl groups is 1. The van der Waals surface area contributed by atoms with Gasteiger partial charge in [-0.3, -0.25) is 0 Å². The van der Waals surface area contributed by atoms with Crippen LogP contribution in [0.25, 0.3) is 0 Å². The highest BCUT2D eigenvalue weighted by Gasteiger charge is 2.37. The summed E-state index contributed by atoms with van der Waals surface area (Å²) < 4.78 is 45.2. The molecule has 0 unspecified atom stereocenters. The molecule has 0 radical (unpaired) electrons. The summed E-state index contributed by atoms with van der Waals surface area (Å²) in [5.74, 6) is -4.65. The van der Waals surface area contributed by atoms with Crippen LogP contribution >= 0.6 is 0 Å². The van der Waals surface area contributed by atoms with Gasteiger partial charge in [-0.25, -0.2) is 13.2 Å². The van der Waals surface area contributed by atoms with Gasteiger partial charge < -0.3 is 9.84 Å². The van der Waals surface area contributed by atoms with E-state index in [2.05, 4.69) is 0 Å². The van der Waals surface area contributed by atoms with Crippen molar-refractivity contribution in [1.29, 1.82) is 0 Å². The van der Waals surface area contributed by atoms with E-state index in [1.54, 1.807) is 6.92 Å². The second kappa shape index (κ2) is 4.74. The number of methoxy groups -OCH3 is 1. The van der Waals surface area contributed by atoms with E-state index in [4.69, 9.17) is 9.84 Å². The Balaban J connectivity index is 3.31. The van der Waals surface area contributed by atoms with Crippen LogP contribution in [0.2, 0.25) is 0 Å².